The van der Waals surface area contributed by atoms with Crippen LogP contribution in [0.2, 0.25) is 0 Å². The molecule has 0 spiro atoms. The van der Waals surface area contributed by atoms with Crippen molar-refractivity contribution < 1.29 is 14.3 Å². The summed E-state index contributed by atoms with van der Waals surface area (Å²) in [5.41, 5.74) is 4.48. The fourth-order valence-corrected chi connectivity index (χ4v) is 2.81. The Balaban J connectivity index is 1.56. The molecule has 0 saturated carbocycles. The number of carbonyl (C=O) groups excluding carboxylic acids is 2. The van der Waals surface area contributed by atoms with Crippen LogP contribution in [-0.4, -0.2) is 11.9 Å². The summed E-state index contributed by atoms with van der Waals surface area (Å²) >= 11 is 0. The maximum Gasteiger partial charge on any atom is 0.311 e. The van der Waals surface area contributed by atoms with Crippen molar-refractivity contribution in [2.24, 2.45) is 0 Å². The van der Waals surface area contributed by atoms with Crippen LogP contribution in [0.4, 0.5) is 5.69 Å². The van der Waals surface area contributed by atoms with E-state index in [1.807, 2.05) is 62.4 Å². The normalized spacial score (nSPS) is 10.4. The van der Waals surface area contributed by atoms with E-state index in [4.69, 9.17) is 4.74 Å². The average molecular weight is 373 g/mol. The third kappa shape index (κ3) is 5.30. The highest BCUT2D eigenvalue weighted by molar-refractivity contribution is 6.04. The maximum atomic E-state index is 12.5. The lowest BCUT2D eigenvalue weighted by atomic mass is 10.1. The SMILES string of the molecule is Cc1ccc(C)c(NC(=O)c2ccc(OC(=O)CCc3ccccc3)cc2)c1. The number of rotatable bonds is 6. The van der Waals surface area contributed by atoms with Gasteiger partial charge in [-0.3, -0.25) is 9.59 Å². The Hall–Kier alpha value is -3.40. The van der Waals surface area contributed by atoms with Crippen LogP contribution in [0.15, 0.2) is 72.8 Å². The summed E-state index contributed by atoms with van der Waals surface area (Å²) in [6.45, 7) is 3.93. The number of nitrogens with one attached hydrogen (secondary N) is 1. The van der Waals surface area contributed by atoms with Crippen molar-refractivity contribution in [3.8, 4) is 5.75 Å². The second kappa shape index (κ2) is 9.00. The molecule has 0 bridgehead atoms. The summed E-state index contributed by atoms with van der Waals surface area (Å²) in [6, 6.07) is 22.3. The van der Waals surface area contributed by atoms with Crippen LogP contribution in [0.1, 0.15) is 33.5 Å². The van der Waals surface area contributed by atoms with E-state index in [-0.39, 0.29) is 11.9 Å². The van der Waals surface area contributed by atoms with E-state index in [9.17, 15) is 9.59 Å². The van der Waals surface area contributed by atoms with Crippen LogP contribution in [0.25, 0.3) is 0 Å². The molecular formula is C24H23NO3. The largest absolute Gasteiger partial charge is 0.427 e. The molecule has 4 heteroatoms. The van der Waals surface area contributed by atoms with Crippen LogP contribution < -0.4 is 10.1 Å². The molecule has 142 valence electrons. The number of benzene rings is 3. The molecule has 0 unspecified atom stereocenters. The molecule has 1 amide bonds. The minimum Gasteiger partial charge on any atom is -0.427 e. The van der Waals surface area contributed by atoms with E-state index in [0.29, 0.717) is 24.2 Å². The first kappa shape index (κ1) is 19.4. The Morgan fingerprint density at radius 1 is 0.893 bits per heavy atom. The summed E-state index contributed by atoms with van der Waals surface area (Å²) < 4.78 is 5.35. The predicted molar refractivity (Wildman–Crippen MR) is 111 cm³/mol. The number of esters is 1. The molecule has 3 aromatic rings. The van der Waals surface area contributed by atoms with Crippen molar-refractivity contribution in [2.75, 3.05) is 5.32 Å². The zero-order valence-corrected chi connectivity index (χ0v) is 16.1. The molecule has 4 nitrogen and oxygen atoms in total. The van der Waals surface area contributed by atoms with Crippen molar-refractivity contribution in [3.05, 3.63) is 95.1 Å². The smallest absolute Gasteiger partial charge is 0.311 e. The van der Waals surface area contributed by atoms with E-state index >= 15 is 0 Å². The maximum absolute atomic E-state index is 12.5. The van der Waals surface area contributed by atoms with Gasteiger partial charge in [-0.1, -0.05) is 42.5 Å². The van der Waals surface area contributed by atoms with Gasteiger partial charge in [0.1, 0.15) is 5.75 Å². The number of amides is 1. The third-order valence-corrected chi connectivity index (χ3v) is 4.45. The van der Waals surface area contributed by atoms with Gasteiger partial charge in [0.25, 0.3) is 5.91 Å². The van der Waals surface area contributed by atoms with Crippen LogP contribution in [0.5, 0.6) is 5.75 Å². The minimum atomic E-state index is -0.295. The van der Waals surface area contributed by atoms with Crippen LogP contribution in [0.3, 0.4) is 0 Å². The number of carbonyl (C=O) groups is 2. The first-order chi connectivity index (χ1) is 13.5. The van der Waals surface area contributed by atoms with E-state index in [1.54, 1.807) is 24.3 Å². The lowest BCUT2D eigenvalue weighted by Gasteiger charge is -2.10. The molecule has 0 fully saturated rings. The molecular weight excluding hydrogens is 350 g/mol. The van der Waals surface area contributed by atoms with Crippen molar-refractivity contribution in [2.45, 2.75) is 26.7 Å². The van der Waals surface area contributed by atoms with Gasteiger partial charge in [-0.15, -0.1) is 0 Å². The Morgan fingerprint density at radius 2 is 1.61 bits per heavy atom. The zero-order chi connectivity index (χ0) is 19.9. The Bertz CT molecular complexity index is 963. The number of hydrogen-bond acceptors (Lipinski definition) is 3. The number of anilines is 1. The van der Waals surface area contributed by atoms with Gasteiger partial charge < -0.3 is 10.1 Å². The summed E-state index contributed by atoms with van der Waals surface area (Å²) in [4.78, 5) is 24.5. The van der Waals surface area contributed by atoms with Gasteiger partial charge in [0.2, 0.25) is 0 Å². The molecule has 0 heterocycles. The lowest BCUT2D eigenvalue weighted by Crippen LogP contribution is -2.13. The van der Waals surface area contributed by atoms with Crippen molar-refractivity contribution >= 4 is 17.6 Å². The summed E-state index contributed by atoms with van der Waals surface area (Å²) in [7, 11) is 0. The van der Waals surface area contributed by atoms with E-state index in [0.717, 1.165) is 22.4 Å². The van der Waals surface area contributed by atoms with Crippen molar-refractivity contribution in [3.63, 3.8) is 0 Å². The topological polar surface area (TPSA) is 55.4 Å². The lowest BCUT2D eigenvalue weighted by molar-refractivity contribution is -0.134. The molecule has 0 aromatic heterocycles. The minimum absolute atomic E-state index is 0.198. The van der Waals surface area contributed by atoms with Gasteiger partial charge in [0, 0.05) is 17.7 Å². The summed E-state index contributed by atoms with van der Waals surface area (Å²) in [6.07, 6.45) is 0.939. The van der Waals surface area contributed by atoms with E-state index in [1.165, 1.54) is 0 Å². The average Bonchev–Trinajstić information content (AvgIpc) is 2.70. The van der Waals surface area contributed by atoms with Gasteiger partial charge in [-0.2, -0.15) is 0 Å². The zero-order valence-electron chi connectivity index (χ0n) is 16.1. The first-order valence-corrected chi connectivity index (χ1v) is 9.24. The van der Waals surface area contributed by atoms with Gasteiger partial charge >= 0.3 is 5.97 Å². The molecule has 0 aliphatic carbocycles. The van der Waals surface area contributed by atoms with Crippen LogP contribution in [0, 0.1) is 13.8 Å². The molecule has 0 atom stereocenters. The molecule has 0 radical (unpaired) electrons. The predicted octanol–water partition coefficient (Wildman–Crippen LogP) is 5.09. The second-order valence-corrected chi connectivity index (χ2v) is 6.76. The number of hydrogen-bond donors (Lipinski definition) is 1. The van der Waals surface area contributed by atoms with Gasteiger partial charge in [0.05, 0.1) is 0 Å². The molecule has 3 aromatic carbocycles. The molecule has 0 aliphatic rings. The molecule has 0 aliphatic heterocycles. The fourth-order valence-electron chi connectivity index (χ4n) is 2.81. The number of aryl methyl sites for hydroxylation is 3. The molecule has 3 rings (SSSR count). The summed E-state index contributed by atoms with van der Waals surface area (Å²) in [5, 5.41) is 2.92. The molecule has 0 saturated heterocycles. The highest BCUT2D eigenvalue weighted by Gasteiger charge is 2.10. The van der Waals surface area contributed by atoms with Crippen LogP contribution >= 0.6 is 0 Å². The van der Waals surface area contributed by atoms with E-state index < -0.39 is 0 Å². The first-order valence-electron chi connectivity index (χ1n) is 9.24. The van der Waals surface area contributed by atoms with E-state index in [2.05, 4.69) is 5.32 Å². The van der Waals surface area contributed by atoms with Crippen molar-refractivity contribution in [1.29, 1.82) is 0 Å². The highest BCUT2D eigenvalue weighted by Crippen LogP contribution is 2.19. The van der Waals surface area contributed by atoms with Gasteiger partial charge in [-0.25, -0.2) is 0 Å². The third-order valence-electron chi connectivity index (χ3n) is 4.45. The second-order valence-electron chi connectivity index (χ2n) is 6.76. The Morgan fingerprint density at radius 3 is 2.32 bits per heavy atom. The number of ether oxygens (including phenoxy) is 1. The molecule has 1 N–H and O–H groups in total. The summed E-state index contributed by atoms with van der Waals surface area (Å²) in [5.74, 6) is -0.0616. The van der Waals surface area contributed by atoms with Crippen LogP contribution in [-0.2, 0) is 11.2 Å². The van der Waals surface area contributed by atoms with Gasteiger partial charge in [0.15, 0.2) is 0 Å². The highest BCUT2D eigenvalue weighted by atomic mass is 16.5. The Labute approximate surface area is 165 Å². The quantitative estimate of drug-likeness (QED) is 0.483. The Kier molecular flexibility index (Phi) is 6.22. The van der Waals surface area contributed by atoms with Gasteiger partial charge in [-0.05, 0) is 67.3 Å². The standard InChI is InChI=1S/C24H23NO3/c1-17-8-9-18(2)22(16-17)25-24(27)20-11-13-21(14-12-20)28-23(26)15-10-19-6-4-3-5-7-19/h3-9,11-14,16H,10,15H2,1-2H3,(H,25,27). The fraction of sp³-hybridized carbons (Fsp3) is 0.167. The van der Waals surface area contributed by atoms with Crippen molar-refractivity contribution in [1.82, 2.24) is 0 Å². The molecule has 28 heavy (non-hydrogen) atoms. The monoisotopic (exact) mass is 373 g/mol.